The Hall–Kier alpha value is -1.99. The lowest BCUT2D eigenvalue weighted by Crippen LogP contribution is -2.15. The Bertz CT molecular complexity index is 591. The quantitative estimate of drug-likeness (QED) is 0.509. The second-order valence-electron chi connectivity index (χ2n) is 4.07. The number of hydrogen-bond donors (Lipinski definition) is 0. The molecule has 0 bridgehead atoms. The lowest BCUT2D eigenvalue weighted by atomic mass is 9.96. The van der Waals surface area contributed by atoms with Crippen molar-refractivity contribution in [1.29, 1.82) is 0 Å². The summed E-state index contributed by atoms with van der Waals surface area (Å²) in [6.45, 7) is 4.21. The molecule has 17 heavy (non-hydrogen) atoms. The first-order valence-corrected chi connectivity index (χ1v) is 8.25. The zero-order valence-electron chi connectivity index (χ0n) is 9.65. The molecule has 84 valence electrons. The molecule has 0 saturated carbocycles. The van der Waals surface area contributed by atoms with Crippen LogP contribution in [0.15, 0.2) is 24.4 Å². The highest BCUT2D eigenvalue weighted by molar-refractivity contribution is 6.64. The molecule has 0 aliphatic heterocycles. The van der Waals surface area contributed by atoms with E-state index in [0.717, 1.165) is 0 Å². The van der Waals surface area contributed by atoms with E-state index in [4.69, 9.17) is 0 Å². The van der Waals surface area contributed by atoms with Gasteiger partial charge in [-0.05, 0) is 18.2 Å². The number of ketones is 2. The van der Waals surface area contributed by atoms with E-state index in [1.807, 2.05) is 0 Å². The standard InChI is InChI=1S/C13H11NO2Si/c1-17(2)8-6-9-5-7-14-13-11(16)4-3-10(15)12(9)13/h3-5,7,17H,1-2H3. The normalized spacial score (nSPS) is 13.4. The Balaban J connectivity index is 2.59. The maximum absolute atomic E-state index is 11.8. The number of nitrogens with zero attached hydrogens (tertiary/aromatic N) is 1. The molecule has 0 spiro atoms. The third kappa shape index (κ3) is 2.24. The van der Waals surface area contributed by atoms with Gasteiger partial charge in [0.05, 0.1) is 5.56 Å². The van der Waals surface area contributed by atoms with Gasteiger partial charge in [-0.1, -0.05) is 19.0 Å². The summed E-state index contributed by atoms with van der Waals surface area (Å²) >= 11 is 0. The number of rotatable bonds is 0. The van der Waals surface area contributed by atoms with E-state index in [-0.39, 0.29) is 17.3 Å². The van der Waals surface area contributed by atoms with Crippen LogP contribution in [0.4, 0.5) is 0 Å². The molecule has 0 unspecified atom stereocenters. The molecule has 0 atom stereocenters. The molecule has 2 rings (SSSR count). The first kappa shape index (κ1) is 11.5. The molecule has 0 saturated heterocycles. The van der Waals surface area contributed by atoms with Crippen molar-refractivity contribution in [3.63, 3.8) is 0 Å². The summed E-state index contributed by atoms with van der Waals surface area (Å²) in [5, 5.41) is 0. The zero-order chi connectivity index (χ0) is 12.4. The fraction of sp³-hybridized carbons (Fsp3) is 0.154. The predicted octanol–water partition coefficient (Wildman–Crippen LogP) is 1.39. The summed E-state index contributed by atoms with van der Waals surface area (Å²) < 4.78 is 0. The van der Waals surface area contributed by atoms with Gasteiger partial charge in [0, 0.05) is 11.8 Å². The van der Waals surface area contributed by atoms with Crippen molar-refractivity contribution in [3.8, 4) is 11.5 Å². The average molecular weight is 241 g/mol. The fourth-order valence-electron chi connectivity index (χ4n) is 1.54. The van der Waals surface area contributed by atoms with Crippen molar-refractivity contribution in [1.82, 2.24) is 4.98 Å². The summed E-state index contributed by atoms with van der Waals surface area (Å²) in [6.07, 6.45) is 4.06. The van der Waals surface area contributed by atoms with Gasteiger partial charge in [0.25, 0.3) is 0 Å². The summed E-state index contributed by atoms with van der Waals surface area (Å²) in [4.78, 5) is 27.3. The number of allylic oxidation sites excluding steroid dienone is 2. The lowest BCUT2D eigenvalue weighted by molar-refractivity contribution is 0.0990. The van der Waals surface area contributed by atoms with Gasteiger partial charge in [0.1, 0.15) is 14.5 Å². The number of hydrogen-bond acceptors (Lipinski definition) is 3. The molecule has 1 aromatic heterocycles. The molecule has 3 nitrogen and oxygen atoms in total. The van der Waals surface area contributed by atoms with Gasteiger partial charge in [-0.3, -0.25) is 14.6 Å². The fourth-order valence-corrected chi connectivity index (χ4v) is 1.98. The molecule has 1 aliphatic rings. The Morgan fingerprint density at radius 3 is 2.59 bits per heavy atom. The van der Waals surface area contributed by atoms with Crippen molar-refractivity contribution in [2.75, 3.05) is 0 Å². The molecule has 0 aromatic carbocycles. The van der Waals surface area contributed by atoms with Crippen LogP contribution >= 0.6 is 0 Å². The Morgan fingerprint density at radius 2 is 1.88 bits per heavy atom. The molecule has 1 aliphatic carbocycles. The second-order valence-corrected chi connectivity index (χ2v) is 6.67. The third-order valence-corrected chi connectivity index (χ3v) is 3.03. The minimum Gasteiger partial charge on any atom is -0.289 e. The highest BCUT2D eigenvalue weighted by Crippen LogP contribution is 2.18. The second kappa shape index (κ2) is 4.48. The van der Waals surface area contributed by atoms with Crippen LogP contribution in [0.25, 0.3) is 0 Å². The molecule has 1 heterocycles. The van der Waals surface area contributed by atoms with E-state index in [9.17, 15) is 9.59 Å². The van der Waals surface area contributed by atoms with Crippen LogP contribution in [0, 0.1) is 11.5 Å². The van der Waals surface area contributed by atoms with Crippen LogP contribution in [0.2, 0.25) is 13.1 Å². The number of aromatic nitrogens is 1. The van der Waals surface area contributed by atoms with Crippen LogP contribution < -0.4 is 0 Å². The Kier molecular flexibility index (Phi) is 3.03. The maximum Gasteiger partial charge on any atom is 0.205 e. The smallest absolute Gasteiger partial charge is 0.205 e. The number of pyridine rings is 1. The summed E-state index contributed by atoms with van der Waals surface area (Å²) in [7, 11) is -1.01. The van der Waals surface area contributed by atoms with Gasteiger partial charge >= 0.3 is 0 Å². The highest BCUT2D eigenvalue weighted by Gasteiger charge is 2.22. The summed E-state index contributed by atoms with van der Waals surface area (Å²) in [5.74, 6) is 2.56. The number of carbonyl (C=O) groups is 2. The van der Waals surface area contributed by atoms with E-state index >= 15 is 0 Å². The van der Waals surface area contributed by atoms with Crippen LogP contribution in [-0.2, 0) is 0 Å². The van der Waals surface area contributed by atoms with Crippen molar-refractivity contribution in [2.45, 2.75) is 13.1 Å². The van der Waals surface area contributed by atoms with E-state index in [1.54, 1.807) is 6.07 Å². The summed E-state index contributed by atoms with van der Waals surface area (Å²) in [6, 6.07) is 1.69. The van der Waals surface area contributed by atoms with Gasteiger partial charge in [-0.15, -0.1) is 5.54 Å². The van der Waals surface area contributed by atoms with Gasteiger partial charge in [-0.2, -0.15) is 0 Å². The molecule has 0 radical (unpaired) electrons. The Labute approximate surface area is 101 Å². The number of carbonyl (C=O) groups excluding carboxylic acids is 2. The molecular formula is C13H11NO2Si. The summed E-state index contributed by atoms with van der Waals surface area (Å²) in [5.41, 5.74) is 4.30. The van der Waals surface area contributed by atoms with E-state index in [1.165, 1.54) is 18.3 Å². The largest absolute Gasteiger partial charge is 0.289 e. The van der Waals surface area contributed by atoms with Crippen molar-refractivity contribution < 1.29 is 9.59 Å². The van der Waals surface area contributed by atoms with E-state index in [2.05, 4.69) is 29.5 Å². The molecule has 0 fully saturated rings. The number of fused-ring (bicyclic) bond motifs is 1. The van der Waals surface area contributed by atoms with Crippen LogP contribution in [0.1, 0.15) is 26.4 Å². The monoisotopic (exact) mass is 241 g/mol. The van der Waals surface area contributed by atoms with E-state index in [0.29, 0.717) is 11.1 Å². The predicted molar refractivity (Wildman–Crippen MR) is 67.8 cm³/mol. The third-order valence-electron chi connectivity index (χ3n) is 2.31. The van der Waals surface area contributed by atoms with Gasteiger partial charge < -0.3 is 0 Å². The minimum absolute atomic E-state index is 0.192. The molecule has 0 amide bonds. The Morgan fingerprint density at radius 1 is 1.18 bits per heavy atom. The first-order valence-electron chi connectivity index (χ1n) is 5.37. The zero-order valence-corrected chi connectivity index (χ0v) is 10.8. The van der Waals surface area contributed by atoms with Crippen molar-refractivity contribution in [2.24, 2.45) is 0 Å². The topological polar surface area (TPSA) is 47.0 Å². The van der Waals surface area contributed by atoms with Crippen molar-refractivity contribution >= 4 is 20.4 Å². The van der Waals surface area contributed by atoms with E-state index < -0.39 is 8.80 Å². The first-order chi connectivity index (χ1) is 8.09. The lowest BCUT2D eigenvalue weighted by Gasteiger charge is -2.09. The van der Waals surface area contributed by atoms with Crippen LogP contribution in [-0.4, -0.2) is 25.3 Å². The SMILES string of the molecule is C[SiH](C)C#Cc1ccnc2c1C(=O)C=CC2=O. The molecular weight excluding hydrogens is 230 g/mol. The average Bonchev–Trinajstić information content (AvgIpc) is 2.31. The van der Waals surface area contributed by atoms with Gasteiger partial charge in [0.15, 0.2) is 5.78 Å². The van der Waals surface area contributed by atoms with Crippen molar-refractivity contribution in [3.05, 3.63) is 41.2 Å². The van der Waals surface area contributed by atoms with Gasteiger partial charge in [-0.25, -0.2) is 0 Å². The highest BCUT2D eigenvalue weighted by atomic mass is 28.3. The molecule has 0 N–H and O–H groups in total. The molecule has 4 heteroatoms. The van der Waals surface area contributed by atoms with Crippen LogP contribution in [0.5, 0.6) is 0 Å². The maximum atomic E-state index is 11.8. The van der Waals surface area contributed by atoms with Crippen LogP contribution in [0.3, 0.4) is 0 Å². The molecule has 1 aromatic rings. The van der Waals surface area contributed by atoms with Gasteiger partial charge in [0.2, 0.25) is 5.78 Å². The minimum atomic E-state index is -1.01.